The number of fused-ring (bicyclic) bond motifs is 1. The van der Waals surface area contributed by atoms with Gasteiger partial charge in [0.15, 0.2) is 0 Å². The normalized spacial score (nSPS) is 13.4. The average molecular weight is 351 g/mol. The molecular weight excluding hydrogens is 328 g/mol. The van der Waals surface area contributed by atoms with Crippen molar-refractivity contribution in [2.24, 2.45) is 0 Å². The molecule has 4 heteroatoms. The SMILES string of the molecule is C/C=C\c1c(C)cc2c(cnn2C(CCCC)OC)c1Br. The lowest BCUT2D eigenvalue weighted by atomic mass is 10.1. The zero-order valence-corrected chi connectivity index (χ0v) is 14.8. The Hall–Kier alpha value is -1.13. The van der Waals surface area contributed by atoms with Crippen molar-refractivity contribution in [2.75, 3.05) is 7.11 Å². The first-order valence-corrected chi connectivity index (χ1v) is 8.25. The Morgan fingerprint density at radius 2 is 2.24 bits per heavy atom. The Labute approximate surface area is 135 Å². The molecule has 2 rings (SSSR count). The van der Waals surface area contributed by atoms with Crippen molar-refractivity contribution in [1.29, 1.82) is 0 Å². The monoisotopic (exact) mass is 350 g/mol. The fraction of sp³-hybridized carbons (Fsp3) is 0.471. The van der Waals surface area contributed by atoms with Gasteiger partial charge in [0.1, 0.15) is 6.23 Å². The number of aromatic nitrogens is 2. The van der Waals surface area contributed by atoms with Crippen LogP contribution in [-0.2, 0) is 4.74 Å². The number of aryl methyl sites for hydroxylation is 1. The molecule has 2 aromatic rings. The molecule has 0 aliphatic heterocycles. The van der Waals surface area contributed by atoms with Crippen LogP contribution in [0.25, 0.3) is 17.0 Å². The highest BCUT2D eigenvalue weighted by Gasteiger charge is 2.17. The number of ether oxygens (including phenoxy) is 1. The molecule has 1 heterocycles. The molecule has 1 unspecified atom stereocenters. The summed E-state index contributed by atoms with van der Waals surface area (Å²) in [6.07, 6.45) is 9.38. The summed E-state index contributed by atoms with van der Waals surface area (Å²) in [7, 11) is 1.75. The van der Waals surface area contributed by atoms with Crippen LogP contribution in [0.1, 0.15) is 50.5 Å². The van der Waals surface area contributed by atoms with Gasteiger partial charge in [-0.15, -0.1) is 0 Å². The zero-order chi connectivity index (χ0) is 15.4. The van der Waals surface area contributed by atoms with Gasteiger partial charge in [-0.25, -0.2) is 4.68 Å². The van der Waals surface area contributed by atoms with Crippen LogP contribution in [0.4, 0.5) is 0 Å². The lowest BCUT2D eigenvalue weighted by Crippen LogP contribution is -2.12. The van der Waals surface area contributed by atoms with Crippen molar-refractivity contribution in [3.05, 3.63) is 33.9 Å². The molecule has 0 radical (unpaired) electrons. The van der Waals surface area contributed by atoms with E-state index in [1.54, 1.807) is 7.11 Å². The van der Waals surface area contributed by atoms with E-state index in [0.717, 1.165) is 34.6 Å². The second kappa shape index (κ2) is 7.23. The fourth-order valence-corrected chi connectivity index (χ4v) is 3.36. The van der Waals surface area contributed by atoms with Gasteiger partial charge in [0.2, 0.25) is 0 Å². The van der Waals surface area contributed by atoms with Gasteiger partial charge >= 0.3 is 0 Å². The molecule has 0 saturated carbocycles. The van der Waals surface area contributed by atoms with Crippen LogP contribution in [0.15, 0.2) is 22.8 Å². The smallest absolute Gasteiger partial charge is 0.150 e. The van der Waals surface area contributed by atoms with Crippen molar-refractivity contribution < 1.29 is 4.74 Å². The third-order valence-corrected chi connectivity index (χ3v) is 4.62. The molecule has 0 bridgehead atoms. The number of halogens is 1. The van der Waals surface area contributed by atoms with Gasteiger partial charge in [-0.3, -0.25) is 0 Å². The molecule has 0 aliphatic rings. The van der Waals surface area contributed by atoms with E-state index in [1.165, 1.54) is 11.1 Å². The lowest BCUT2D eigenvalue weighted by molar-refractivity contribution is 0.0288. The third kappa shape index (κ3) is 3.22. The van der Waals surface area contributed by atoms with E-state index >= 15 is 0 Å². The van der Waals surface area contributed by atoms with E-state index in [0.29, 0.717) is 0 Å². The van der Waals surface area contributed by atoms with Crippen LogP contribution in [0.5, 0.6) is 0 Å². The first-order valence-electron chi connectivity index (χ1n) is 7.45. The maximum absolute atomic E-state index is 5.63. The van der Waals surface area contributed by atoms with Crippen LogP contribution in [0.3, 0.4) is 0 Å². The minimum Gasteiger partial charge on any atom is -0.360 e. The second-order valence-corrected chi connectivity index (χ2v) is 6.07. The van der Waals surface area contributed by atoms with Crippen molar-refractivity contribution in [1.82, 2.24) is 9.78 Å². The van der Waals surface area contributed by atoms with Gasteiger partial charge in [-0.1, -0.05) is 25.5 Å². The summed E-state index contributed by atoms with van der Waals surface area (Å²) in [6, 6.07) is 2.19. The Kier molecular flexibility index (Phi) is 5.59. The van der Waals surface area contributed by atoms with Gasteiger partial charge in [0.05, 0.1) is 11.7 Å². The first kappa shape index (κ1) is 16.2. The first-order chi connectivity index (χ1) is 10.1. The number of methoxy groups -OCH3 is 1. The van der Waals surface area contributed by atoms with Gasteiger partial charge in [-0.2, -0.15) is 5.10 Å². The van der Waals surface area contributed by atoms with Crippen molar-refractivity contribution in [3.8, 4) is 0 Å². The molecule has 21 heavy (non-hydrogen) atoms. The second-order valence-electron chi connectivity index (χ2n) is 5.28. The minimum atomic E-state index is 0.00122. The molecule has 114 valence electrons. The largest absolute Gasteiger partial charge is 0.360 e. The van der Waals surface area contributed by atoms with E-state index in [9.17, 15) is 0 Å². The average Bonchev–Trinajstić information content (AvgIpc) is 2.88. The number of allylic oxidation sites excluding steroid dienone is 1. The van der Waals surface area contributed by atoms with Crippen LogP contribution < -0.4 is 0 Å². The number of rotatable bonds is 6. The van der Waals surface area contributed by atoms with Gasteiger partial charge in [0.25, 0.3) is 0 Å². The van der Waals surface area contributed by atoms with Crippen molar-refractivity contribution in [2.45, 2.75) is 46.3 Å². The van der Waals surface area contributed by atoms with Crippen LogP contribution in [0.2, 0.25) is 0 Å². The highest BCUT2D eigenvalue weighted by molar-refractivity contribution is 9.10. The number of hydrogen-bond acceptors (Lipinski definition) is 2. The molecule has 1 aromatic carbocycles. The highest BCUT2D eigenvalue weighted by Crippen LogP contribution is 2.33. The van der Waals surface area contributed by atoms with Crippen molar-refractivity contribution in [3.63, 3.8) is 0 Å². The predicted molar refractivity (Wildman–Crippen MR) is 92.4 cm³/mol. The van der Waals surface area contributed by atoms with Gasteiger partial charge in [-0.05, 0) is 59.8 Å². The Bertz CT molecular complexity index is 646. The highest BCUT2D eigenvalue weighted by atomic mass is 79.9. The number of benzene rings is 1. The summed E-state index contributed by atoms with van der Waals surface area (Å²) in [4.78, 5) is 0. The van der Waals surface area contributed by atoms with Crippen LogP contribution >= 0.6 is 15.9 Å². The van der Waals surface area contributed by atoms with E-state index in [2.05, 4.69) is 53.1 Å². The molecule has 0 amide bonds. The third-order valence-electron chi connectivity index (χ3n) is 3.77. The van der Waals surface area contributed by atoms with E-state index in [-0.39, 0.29) is 6.23 Å². The number of hydrogen-bond donors (Lipinski definition) is 0. The maximum Gasteiger partial charge on any atom is 0.150 e. The van der Waals surface area contributed by atoms with Crippen LogP contribution in [0, 0.1) is 6.92 Å². The maximum atomic E-state index is 5.63. The molecule has 1 atom stereocenters. The minimum absolute atomic E-state index is 0.00122. The van der Waals surface area contributed by atoms with Gasteiger partial charge < -0.3 is 4.74 Å². The lowest BCUT2D eigenvalue weighted by Gasteiger charge is -2.17. The fourth-order valence-electron chi connectivity index (χ4n) is 2.61. The predicted octanol–water partition coefficient (Wildman–Crippen LogP) is 5.48. The van der Waals surface area contributed by atoms with E-state index in [1.807, 2.05) is 17.8 Å². The molecule has 0 spiro atoms. The number of unbranched alkanes of at least 4 members (excludes halogenated alkanes) is 1. The quantitative estimate of drug-likeness (QED) is 0.689. The van der Waals surface area contributed by atoms with E-state index < -0.39 is 0 Å². The topological polar surface area (TPSA) is 27.1 Å². The summed E-state index contributed by atoms with van der Waals surface area (Å²) >= 11 is 3.73. The Morgan fingerprint density at radius 1 is 1.48 bits per heavy atom. The summed E-state index contributed by atoms with van der Waals surface area (Å²) in [5.41, 5.74) is 3.57. The summed E-state index contributed by atoms with van der Waals surface area (Å²) in [6.45, 7) is 6.36. The molecule has 3 nitrogen and oxygen atoms in total. The molecular formula is C17H23BrN2O. The molecule has 0 fully saturated rings. The Balaban J connectivity index is 2.53. The van der Waals surface area contributed by atoms with Crippen LogP contribution in [-0.4, -0.2) is 16.9 Å². The van der Waals surface area contributed by atoms with Crippen molar-refractivity contribution >= 4 is 32.9 Å². The zero-order valence-electron chi connectivity index (χ0n) is 13.2. The summed E-state index contributed by atoms with van der Waals surface area (Å²) in [5, 5.41) is 5.69. The summed E-state index contributed by atoms with van der Waals surface area (Å²) in [5.74, 6) is 0. The van der Waals surface area contributed by atoms with Gasteiger partial charge in [0, 0.05) is 17.0 Å². The number of nitrogens with zero attached hydrogens (tertiary/aromatic N) is 2. The van der Waals surface area contributed by atoms with E-state index in [4.69, 9.17) is 4.74 Å². The summed E-state index contributed by atoms with van der Waals surface area (Å²) < 4.78 is 8.74. The molecule has 1 aromatic heterocycles. The standard InChI is InChI=1S/C17H23BrN2O/c1-5-7-9-16(21-4)20-15-10-12(3)13(8-6-2)17(18)14(15)11-19-20/h6,8,10-11,16H,5,7,9H2,1-4H3/b8-6-. The molecule has 0 aliphatic carbocycles. The molecule has 0 N–H and O–H groups in total. The molecule has 0 saturated heterocycles. The Morgan fingerprint density at radius 3 is 2.86 bits per heavy atom.